The van der Waals surface area contributed by atoms with Crippen LogP contribution in [-0.2, 0) is 23.5 Å². The Morgan fingerprint density at radius 3 is 2.39 bits per heavy atom. The summed E-state index contributed by atoms with van der Waals surface area (Å²) in [6, 6.07) is 1.62. The van der Waals surface area contributed by atoms with Gasteiger partial charge in [0.2, 0.25) is 17.6 Å². The Hall–Kier alpha value is -1.32. The Balaban J connectivity index is 1.56. The molecular formula is C22H29ClN2O5Si. The standard InChI is InChI=1S/C22H29ClN2O5Si/c1-11-13(23)9-12(10-24-11)25-16(26)14-15(17(25)27)21(6)22(18(28-22)20(14,5)29-21)30-31(7,8)19(2,3)4/h9-10,14-15,18H,1-8H3/t14-,15+,18+,20?,21?,22-/m1/s1. The van der Waals surface area contributed by atoms with Gasteiger partial charge in [-0.1, -0.05) is 32.4 Å². The van der Waals surface area contributed by atoms with E-state index in [9.17, 15) is 9.59 Å². The maximum absolute atomic E-state index is 13.7. The third-order valence-electron chi connectivity index (χ3n) is 8.22. The number of epoxide rings is 1. The summed E-state index contributed by atoms with van der Waals surface area (Å²) < 4.78 is 19.4. The van der Waals surface area contributed by atoms with Gasteiger partial charge in [-0.3, -0.25) is 14.6 Å². The smallest absolute Gasteiger partial charge is 0.240 e. The van der Waals surface area contributed by atoms with Gasteiger partial charge >= 0.3 is 0 Å². The van der Waals surface area contributed by atoms with Crippen LogP contribution in [0.2, 0.25) is 23.2 Å². The number of carbonyl (C=O) groups excluding carboxylic acids is 2. The van der Waals surface area contributed by atoms with E-state index in [-0.39, 0.29) is 23.0 Å². The predicted molar refractivity (Wildman–Crippen MR) is 117 cm³/mol. The van der Waals surface area contributed by atoms with Gasteiger partial charge in [-0.15, -0.1) is 0 Å². The zero-order chi connectivity index (χ0) is 22.9. The molecule has 0 aromatic carbocycles. The molecule has 4 aliphatic rings. The number of amides is 2. The first-order valence-corrected chi connectivity index (χ1v) is 14.0. The van der Waals surface area contributed by atoms with Gasteiger partial charge in [-0.2, -0.15) is 0 Å². The molecule has 1 aromatic heterocycles. The molecule has 31 heavy (non-hydrogen) atoms. The van der Waals surface area contributed by atoms with Gasteiger partial charge in [0.05, 0.1) is 34.4 Å². The van der Waals surface area contributed by atoms with Crippen LogP contribution in [0.5, 0.6) is 0 Å². The Labute approximate surface area is 188 Å². The van der Waals surface area contributed by atoms with Crippen molar-refractivity contribution in [2.45, 2.75) is 82.8 Å². The van der Waals surface area contributed by atoms with Crippen molar-refractivity contribution in [2.24, 2.45) is 11.8 Å². The SMILES string of the molecule is Cc1ncc(N2C(=O)[C@@H]3[C@H](C2=O)C2(C)OC3(C)[C@@]3(O[Si](C)(C)C(C)(C)C)O[C@@H]23)cc1Cl. The fraction of sp³-hybridized carbons (Fsp3) is 0.682. The number of aryl methyl sites for hydroxylation is 1. The summed E-state index contributed by atoms with van der Waals surface area (Å²) in [5, 5.41) is 0.374. The normalized spacial score (nSPS) is 41.1. The summed E-state index contributed by atoms with van der Waals surface area (Å²) in [7, 11) is -2.24. The fourth-order valence-corrected chi connectivity index (χ4v) is 7.07. The number of halogens is 1. The van der Waals surface area contributed by atoms with E-state index in [4.69, 9.17) is 25.5 Å². The van der Waals surface area contributed by atoms with Crippen LogP contribution in [0.3, 0.4) is 0 Å². The maximum Gasteiger partial charge on any atom is 0.240 e. The topological polar surface area (TPSA) is 81.3 Å². The molecule has 168 valence electrons. The number of fused-ring (bicyclic) bond motifs is 8. The van der Waals surface area contributed by atoms with E-state index in [1.54, 1.807) is 13.0 Å². The fourth-order valence-electron chi connectivity index (χ4n) is 5.49. The lowest BCUT2D eigenvalue weighted by Gasteiger charge is -2.43. The van der Waals surface area contributed by atoms with E-state index in [0.29, 0.717) is 16.4 Å². The van der Waals surface area contributed by atoms with Crippen molar-refractivity contribution >= 4 is 37.4 Å². The summed E-state index contributed by atoms with van der Waals surface area (Å²) in [4.78, 5) is 32.6. The molecule has 5 rings (SSSR count). The largest absolute Gasteiger partial charge is 0.386 e. The van der Waals surface area contributed by atoms with Crippen LogP contribution in [0, 0.1) is 18.8 Å². The molecule has 6 atom stereocenters. The van der Waals surface area contributed by atoms with Gasteiger partial charge in [-0.05, 0) is 45.0 Å². The molecule has 7 nitrogen and oxygen atoms in total. The highest BCUT2D eigenvalue weighted by atomic mass is 35.5. The van der Waals surface area contributed by atoms with E-state index in [1.807, 2.05) is 13.8 Å². The molecule has 0 spiro atoms. The Bertz CT molecular complexity index is 1040. The highest BCUT2D eigenvalue weighted by Crippen LogP contribution is 2.74. The molecule has 1 aromatic rings. The lowest BCUT2D eigenvalue weighted by Crippen LogP contribution is -2.58. The third-order valence-corrected chi connectivity index (χ3v) is 13.0. The third kappa shape index (κ3) is 2.38. The first-order valence-electron chi connectivity index (χ1n) is 10.7. The van der Waals surface area contributed by atoms with E-state index >= 15 is 0 Å². The van der Waals surface area contributed by atoms with Crippen LogP contribution in [0.4, 0.5) is 5.69 Å². The van der Waals surface area contributed by atoms with Gasteiger partial charge < -0.3 is 13.9 Å². The van der Waals surface area contributed by atoms with Gasteiger partial charge in [0.25, 0.3) is 0 Å². The molecule has 4 saturated heterocycles. The van der Waals surface area contributed by atoms with E-state index < -0.39 is 37.1 Å². The molecule has 4 aliphatic heterocycles. The quantitative estimate of drug-likeness (QED) is 0.384. The number of imide groups is 1. The second kappa shape index (κ2) is 5.77. The zero-order valence-electron chi connectivity index (χ0n) is 19.2. The molecule has 0 saturated carbocycles. The number of carbonyl (C=O) groups is 2. The van der Waals surface area contributed by atoms with Crippen LogP contribution >= 0.6 is 11.6 Å². The van der Waals surface area contributed by atoms with Crippen LogP contribution in [0.1, 0.15) is 40.3 Å². The number of hydrogen-bond acceptors (Lipinski definition) is 6. The monoisotopic (exact) mass is 464 g/mol. The van der Waals surface area contributed by atoms with Crippen molar-refractivity contribution in [3.05, 3.63) is 23.0 Å². The van der Waals surface area contributed by atoms with Crippen LogP contribution in [-0.4, -0.2) is 48.2 Å². The first-order chi connectivity index (χ1) is 14.1. The summed E-state index contributed by atoms with van der Waals surface area (Å²) in [6.07, 6.45) is 1.14. The van der Waals surface area contributed by atoms with E-state index in [1.165, 1.54) is 11.1 Å². The molecule has 0 N–H and O–H groups in total. The summed E-state index contributed by atoms with van der Waals surface area (Å²) in [6.45, 7) is 16.3. The number of nitrogens with zero attached hydrogens (tertiary/aromatic N) is 2. The molecule has 0 radical (unpaired) electrons. The molecular weight excluding hydrogens is 436 g/mol. The number of aromatic nitrogens is 1. The van der Waals surface area contributed by atoms with Gasteiger partial charge in [0.15, 0.2) is 8.32 Å². The molecule has 4 fully saturated rings. The Morgan fingerprint density at radius 2 is 1.81 bits per heavy atom. The molecule has 5 heterocycles. The van der Waals surface area contributed by atoms with Gasteiger partial charge in [0, 0.05) is 0 Å². The minimum absolute atomic E-state index is 0.0391. The minimum atomic E-state index is -2.24. The summed E-state index contributed by atoms with van der Waals surface area (Å²) >= 11 is 6.23. The number of anilines is 1. The van der Waals surface area contributed by atoms with Crippen molar-refractivity contribution in [1.29, 1.82) is 0 Å². The second-order valence-electron chi connectivity index (χ2n) is 11.1. The second-order valence-corrected chi connectivity index (χ2v) is 16.3. The maximum atomic E-state index is 13.7. The number of ether oxygens (including phenoxy) is 2. The average molecular weight is 465 g/mol. The molecule has 2 bridgehead atoms. The Kier molecular flexibility index (Phi) is 4.01. The van der Waals surface area contributed by atoms with Crippen molar-refractivity contribution in [2.75, 3.05) is 4.90 Å². The van der Waals surface area contributed by atoms with Crippen molar-refractivity contribution < 1.29 is 23.5 Å². The van der Waals surface area contributed by atoms with E-state index in [0.717, 1.165) is 0 Å². The number of hydrogen-bond donors (Lipinski definition) is 0. The first kappa shape index (κ1) is 21.5. The van der Waals surface area contributed by atoms with Gasteiger partial charge in [0.1, 0.15) is 17.3 Å². The predicted octanol–water partition coefficient (Wildman–Crippen LogP) is 3.83. The number of rotatable bonds is 3. The number of pyridine rings is 1. The van der Waals surface area contributed by atoms with Crippen LogP contribution in [0.25, 0.3) is 0 Å². The van der Waals surface area contributed by atoms with Gasteiger partial charge in [-0.25, -0.2) is 4.90 Å². The lowest BCUT2D eigenvalue weighted by molar-refractivity contribution is -0.180. The highest BCUT2D eigenvalue weighted by molar-refractivity contribution is 6.74. The zero-order valence-corrected chi connectivity index (χ0v) is 21.0. The minimum Gasteiger partial charge on any atom is -0.386 e. The van der Waals surface area contributed by atoms with Crippen molar-refractivity contribution in [1.82, 2.24) is 4.98 Å². The summed E-state index contributed by atoms with van der Waals surface area (Å²) in [5.74, 6) is -2.92. The lowest BCUT2D eigenvalue weighted by atomic mass is 9.67. The van der Waals surface area contributed by atoms with Crippen molar-refractivity contribution in [3.63, 3.8) is 0 Å². The highest BCUT2D eigenvalue weighted by Gasteiger charge is 2.94. The molecule has 2 amide bonds. The van der Waals surface area contributed by atoms with E-state index in [2.05, 4.69) is 38.8 Å². The molecule has 9 heteroatoms. The van der Waals surface area contributed by atoms with Crippen molar-refractivity contribution in [3.8, 4) is 0 Å². The van der Waals surface area contributed by atoms with Crippen LogP contribution in [0.15, 0.2) is 12.3 Å². The van der Waals surface area contributed by atoms with Crippen LogP contribution < -0.4 is 4.90 Å². The average Bonchev–Trinajstić information content (AvgIpc) is 3.17. The summed E-state index contributed by atoms with van der Waals surface area (Å²) in [5.41, 5.74) is -0.940. The Morgan fingerprint density at radius 1 is 1.19 bits per heavy atom. The molecule has 0 aliphatic carbocycles. The molecule has 2 unspecified atom stereocenters.